The first-order valence-electron chi connectivity index (χ1n) is 9.81. The van der Waals surface area contributed by atoms with Crippen molar-refractivity contribution in [2.45, 2.75) is 66.9 Å². The standard InChI is InChI=1S/C24H32O4/c1-8-24(7,21(26)28-22(2,3)4)16-23(5,6)20(25)27-19-14-13-17-11-9-10-12-18(17)15-19/h9-15H,8,16H2,1-7H3. The molecular weight excluding hydrogens is 352 g/mol. The van der Waals surface area contributed by atoms with Crippen LogP contribution in [0.1, 0.15) is 61.3 Å². The van der Waals surface area contributed by atoms with Crippen molar-refractivity contribution in [3.05, 3.63) is 42.5 Å². The minimum absolute atomic E-state index is 0.283. The van der Waals surface area contributed by atoms with E-state index in [9.17, 15) is 9.59 Å². The van der Waals surface area contributed by atoms with E-state index in [-0.39, 0.29) is 11.9 Å². The first kappa shape index (κ1) is 21.9. The summed E-state index contributed by atoms with van der Waals surface area (Å²) in [5.41, 5.74) is -2.17. The van der Waals surface area contributed by atoms with Gasteiger partial charge in [-0.15, -0.1) is 0 Å². The fourth-order valence-corrected chi connectivity index (χ4v) is 3.27. The third kappa shape index (κ3) is 5.34. The van der Waals surface area contributed by atoms with Crippen molar-refractivity contribution in [2.75, 3.05) is 0 Å². The molecule has 0 bridgehead atoms. The predicted molar refractivity (Wildman–Crippen MR) is 112 cm³/mol. The van der Waals surface area contributed by atoms with Crippen LogP contribution >= 0.6 is 0 Å². The van der Waals surface area contributed by atoms with E-state index in [4.69, 9.17) is 9.47 Å². The van der Waals surface area contributed by atoms with Crippen LogP contribution < -0.4 is 4.74 Å². The quantitative estimate of drug-likeness (QED) is 0.458. The van der Waals surface area contributed by atoms with E-state index in [1.165, 1.54) is 0 Å². The Morgan fingerprint density at radius 2 is 1.46 bits per heavy atom. The molecule has 0 saturated heterocycles. The molecule has 152 valence electrons. The van der Waals surface area contributed by atoms with E-state index in [0.717, 1.165) is 10.8 Å². The highest BCUT2D eigenvalue weighted by Gasteiger charge is 2.44. The van der Waals surface area contributed by atoms with Crippen molar-refractivity contribution < 1.29 is 19.1 Å². The third-order valence-electron chi connectivity index (χ3n) is 4.99. The predicted octanol–water partition coefficient (Wildman–Crippen LogP) is 5.92. The summed E-state index contributed by atoms with van der Waals surface area (Å²) in [4.78, 5) is 25.6. The first-order valence-corrected chi connectivity index (χ1v) is 9.81. The number of esters is 2. The van der Waals surface area contributed by atoms with Gasteiger partial charge in [0.05, 0.1) is 10.8 Å². The van der Waals surface area contributed by atoms with Crippen LogP contribution in [0.2, 0.25) is 0 Å². The summed E-state index contributed by atoms with van der Waals surface area (Å²) >= 11 is 0. The SMILES string of the molecule is CCC(C)(CC(C)(C)C(=O)Oc1ccc2ccccc2c1)C(=O)OC(C)(C)C. The number of hydrogen-bond acceptors (Lipinski definition) is 4. The number of benzene rings is 2. The minimum atomic E-state index is -0.840. The lowest BCUT2D eigenvalue weighted by Crippen LogP contribution is -2.41. The van der Waals surface area contributed by atoms with Gasteiger partial charge in [0.15, 0.2) is 0 Å². The molecule has 0 radical (unpaired) electrons. The summed E-state index contributed by atoms with van der Waals surface area (Å²) in [6.07, 6.45) is 0.923. The van der Waals surface area contributed by atoms with Crippen LogP contribution in [0, 0.1) is 10.8 Å². The van der Waals surface area contributed by atoms with E-state index in [2.05, 4.69) is 0 Å². The maximum absolute atomic E-state index is 12.9. The Labute approximate surface area is 168 Å². The second-order valence-corrected chi connectivity index (χ2v) is 9.38. The summed E-state index contributed by atoms with van der Waals surface area (Å²) in [5, 5.41) is 2.10. The molecule has 2 aromatic rings. The van der Waals surface area contributed by atoms with E-state index < -0.39 is 16.4 Å². The van der Waals surface area contributed by atoms with Crippen LogP contribution in [-0.4, -0.2) is 17.5 Å². The molecule has 0 heterocycles. The van der Waals surface area contributed by atoms with Gasteiger partial charge in [0.1, 0.15) is 11.4 Å². The topological polar surface area (TPSA) is 52.6 Å². The Morgan fingerprint density at radius 1 is 0.857 bits per heavy atom. The Morgan fingerprint density at radius 3 is 2.04 bits per heavy atom. The number of fused-ring (bicyclic) bond motifs is 1. The van der Waals surface area contributed by atoms with Crippen LogP contribution in [0.15, 0.2) is 42.5 Å². The molecule has 0 aliphatic heterocycles. The number of hydrogen-bond donors (Lipinski definition) is 0. The second-order valence-electron chi connectivity index (χ2n) is 9.38. The van der Waals surface area contributed by atoms with Gasteiger partial charge in [0, 0.05) is 0 Å². The molecule has 1 atom stereocenters. The Balaban J connectivity index is 2.16. The fraction of sp³-hybridized carbons (Fsp3) is 0.500. The van der Waals surface area contributed by atoms with E-state index in [1.807, 2.05) is 84.9 Å². The number of ether oxygens (including phenoxy) is 2. The van der Waals surface area contributed by atoms with Gasteiger partial charge in [0.25, 0.3) is 0 Å². The van der Waals surface area contributed by atoms with Crippen molar-refractivity contribution in [1.82, 2.24) is 0 Å². The van der Waals surface area contributed by atoms with E-state index >= 15 is 0 Å². The lowest BCUT2D eigenvalue weighted by molar-refractivity contribution is -0.170. The molecule has 0 spiro atoms. The molecule has 0 aliphatic rings. The zero-order valence-corrected chi connectivity index (χ0v) is 18.1. The van der Waals surface area contributed by atoms with Crippen molar-refractivity contribution in [2.24, 2.45) is 10.8 Å². The molecule has 1 unspecified atom stereocenters. The first-order chi connectivity index (χ1) is 12.9. The van der Waals surface area contributed by atoms with Gasteiger partial charge >= 0.3 is 11.9 Å². The lowest BCUT2D eigenvalue weighted by Gasteiger charge is -2.35. The minimum Gasteiger partial charge on any atom is -0.460 e. The Bertz CT molecular complexity index is 860. The summed E-state index contributed by atoms with van der Waals surface area (Å²) in [6, 6.07) is 13.5. The zero-order valence-electron chi connectivity index (χ0n) is 18.1. The molecule has 4 nitrogen and oxygen atoms in total. The van der Waals surface area contributed by atoms with Gasteiger partial charge in [-0.3, -0.25) is 9.59 Å². The smallest absolute Gasteiger partial charge is 0.316 e. The lowest BCUT2D eigenvalue weighted by atomic mass is 9.72. The molecule has 2 rings (SSSR count). The molecule has 0 saturated carbocycles. The fourth-order valence-electron chi connectivity index (χ4n) is 3.27. The molecule has 0 amide bonds. The van der Waals surface area contributed by atoms with Gasteiger partial charge in [-0.2, -0.15) is 0 Å². The summed E-state index contributed by atoms with van der Waals surface area (Å²) in [5.74, 6) is -0.132. The highest BCUT2D eigenvalue weighted by Crippen LogP contribution is 2.39. The average Bonchev–Trinajstić information content (AvgIpc) is 2.59. The highest BCUT2D eigenvalue weighted by molar-refractivity contribution is 5.86. The molecule has 0 aliphatic carbocycles. The average molecular weight is 385 g/mol. The highest BCUT2D eigenvalue weighted by atomic mass is 16.6. The molecule has 0 fully saturated rings. The molecule has 0 aromatic heterocycles. The number of carbonyl (C=O) groups is 2. The largest absolute Gasteiger partial charge is 0.460 e. The summed E-state index contributed by atoms with van der Waals surface area (Å²) in [7, 11) is 0. The maximum Gasteiger partial charge on any atom is 0.316 e. The number of carbonyl (C=O) groups excluding carboxylic acids is 2. The molecule has 4 heteroatoms. The summed E-state index contributed by atoms with van der Waals surface area (Å²) < 4.78 is 11.3. The van der Waals surface area contributed by atoms with Crippen molar-refractivity contribution in [3.8, 4) is 5.75 Å². The molecule has 2 aromatic carbocycles. The van der Waals surface area contributed by atoms with Crippen LogP contribution in [0.25, 0.3) is 10.8 Å². The number of rotatable bonds is 6. The van der Waals surface area contributed by atoms with Gasteiger partial charge in [-0.05, 0) is 77.3 Å². The van der Waals surface area contributed by atoms with E-state index in [1.54, 1.807) is 6.07 Å². The van der Waals surface area contributed by atoms with Crippen LogP contribution in [0.4, 0.5) is 0 Å². The van der Waals surface area contributed by atoms with Crippen molar-refractivity contribution in [3.63, 3.8) is 0 Å². The van der Waals surface area contributed by atoms with Crippen LogP contribution in [0.3, 0.4) is 0 Å². The van der Waals surface area contributed by atoms with Gasteiger partial charge in [-0.25, -0.2) is 0 Å². The molecular formula is C24H32O4. The second kappa shape index (κ2) is 7.94. The molecule has 28 heavy (non-hydrogen) atoms. The maximum atomic E-state index is 12.9. The van der Waals surface area contributed by atoms with Crippen molar-refractivity contribution in [1.29, 1.82) is 0 Å². The van der Waals surface area contributed by atoms with Crippen molar-refractivity contribution >= 4 is 22.7 Å². The van der Waals surface area contributed by atoms with E-state index in [0.29, 0.717) is 18.6 Å². The monoisotopic (exact) mass is 384 g/mol. The van der Waals surface area contributed by atoms with Gasteiger partial charge < -0.3 is 9.47 Å². The summed E-state index contributed by atoms with van der Waals surface area (Å²) in [6.45, 7) is 13.0. The normalized spacial score (nSPS) is 14.4. The Kier molecular flexibility index (Phi) is 6.22. The molecule has 0 N–H and O–H groups in total. The van der Waals surface area contributed by atoms with Gasteiger partial charge in [0.2, 0.25) is 0 Å². The van der Waals surface area contributed by atoms with Crippen LogP contribution in [-0.2, 0) is 14.3 Å². The Hall–Kier alpha value is -2.36. The zero-order chi connectivity index (χ0) is 21.2. The third-order valence-corrected chi connectivity index (χ3v) is 4.99. The van der Waals surface area contributed by atoms with Gasteiger partial charge in [-0.1, -0.05) is 37.3 Å². The van der Waals surface area contributed by atoms with Crippen LogP contribution in [0.5, 0.6) is 5.75 Å².